The van der Waals surface area contributed by atoms with Crippen LogP contribution in [-0.4, -0.2) is 4.98 Å². The summed E-state index contributed by atoms with van der Waals surface area (Å²) in [5.74, 6) is 0.537. The van der Waals surface area contributed by atoms with E-state index in [4.69, 9.17) is 0 Å². The van der Waals surface area contributed by atoms with Gasteiger partial charge < -0.3 is 0 Å². The highest BCUT2D eigenvalue weighted by Gasteiger charge is 2.03. The zero-order valence-corrected chi connectivity index (χ0v) is 7.68. The average molecular weight is 149 g/mol. The van der Waals surface area contributed by atoms with E-state index in [1.807, 2.05) is 6.92 Å². The van der Waals surface area contributed by atoms with Gasteiger partial charge in [0.2, 0.25) is 0 Å². The summed E-state index contributed by atoms with van der Waals surface area (Å²) in [7, 11) is 0. The van der Waals surface area contributed by atoms with Crippen molar-refractivity contribution in [2.45, 2.75) is 33.6 Å². The molecule has 0 fully saturated rings. The minimum Gasteiger partial charge on any atom is -0.258 e. The topological polar surface area (TPSA) is 12.9 Å². The smallest absolute Gasteiger partial charge is 0.0461 e. The van der Waals surface area contributed by atoms with Gasteiger partial charge in [-0.25, -0.2) is 0 Å². The molecule has 1 heterocycles. The highest BCUT2D eigenvalue weighted by Crippen LogP contribution is 2.16. The van der Waals surface area contributed by atoms with Crippen LogP contribution in [0.3, 0.4) is 0 Å². The highest BCUT2D eigenvalue weighted by molar-refractivity contribution is 5.23. The Morgan fingerprint density at radius 3 is 2.27 bits per heavy atom. The van der Waals surface area contributed by atoms with Gasteiger partial charge in [0, 0.05) is 11.4 Å². The van der Waals surface area contributed by atoms with Gasteiger partial charge in [0.15, 0.2) is 0 Å². The van der Waals surface area contributed by atoms with Crippen molar-refractivity contribution in [3.63, 3.8) is 0 Å². The predicted octanol–water partition coefficient (Wildman–Crippen LogP) is 2.82. The Kier molecular flexibility index (Phi) is 2.28. The standard InChI is InChI=1S/C10H15N/c1-7(2)10-8(3)5-6-9(4)11-10/h5-7H,1-4H3. The lowest BCUT2D eigenvalue weighted by Crippen LogP contribution is -1.97. The molecule has 0 unspecified atom stereocenters. The number of hydrogen-bond acceptors (Lipinski definition) is 1. The molecule has 60 valence electrons. The fraction of sp³-hybridized carbons (Fsp3) is 0.500. The fourth-order valence-corrected chi connectivity index (χ4v) is 1.23. The summed E-state index contributed by atoms with van der Waals surface area (Å²) in [6.45, 7) is 8.50. The lowest BCUT2D eigenvalue weighted by Gasteiger charge is -2.08. The lowest BCUT2D eigenvalue weighted by atomic mass is 10.0. The van der Waals surface area contributed by atoms with Gasteiger partial charge in [-0.2, -0.15) is 0 Å². The third-order valence-corrected chi connectivity index (χ3v) is 1.82. The SMILES string of the molecule is Cc1ccc(C)c(C(C)C)n1. The van der Waals surface area contributed by atoms with Gasteiger partial charge in [0.05, 0.1) is 0 Å². The largest absolute Gasteiger partial charge is 0.258 e. The number of hydrogen-bond donors (Lipinski definition) is 0. The predicted molar refractivity (Wildman–Crippen MR) is 47.8 cm³/mol. The van der Waals surface area contributed by atoms with E-state index < -0.39 is 0 Å². The van der Waals surface area contributed by atoms with Crippen LogP contribution in [0.25, 0.3) is 0 Å². The summed E-state index contributed by atoms with van der Waals surface area (Å²) < 4.78 is 0. The zero-order valence-electron chi connectivity index (χ0n) is 7.68. The molecule has 0 saturated heterocycles. The zero-order chi connectivity index (χ0) is 8.43. The number of aromatic nitrogens is 1. The Bertz CT molecular complexity index is 251. The first kappa shape index (κ1) is 8.25. The van der Waals surface area contributed by atoms with Crippen LogP contribution in [-0.2, 0) is 0 Å². The van der Waals surface area contributed by atoms with Gasteiger partial charge in [-0.05, 0) is 31.4 Å². The molecular weight excluding hydrogens is 134 g/mol. The number of nitrogens with zero attached hydrogens (tertiary/aromatic N) is 1. The molecule has 0 aromatic carbocycles. The van der Waals surface area contributed by atoms with Crippen molar-refractivity contribution in [3.05, 3.63) is 29.1 Å². The molecule has 1 rings (SSSR count). The summed E-state index contributed by atoms with van der Waals surface area (Å²) in [4.78, 5) is 4.47. The van der Waals surface area contributed by atoms with Crippen LogP contribution in [0.2, 0.25) is 0 Å². The van der Waals surface area contributed by atoms with Gasteiger partial charge in [-0.15, -0.1) is 0 Å². The van der Waals surface area contributed by atoms with Crippen LogP contribution in [0.15, 0.2) is 12.1 Å². The molecule has 0 aliphatic rings. The molecule has 0 bridgehead atoms. The van der Waals surface area contributed by atoms with E-state index in [1.165, 1.54) is 11.3 Å². The maximum atomic E-state index is 4.47. The van der Waals surface area contributed by atoms with Crippen LogP contribution < -0.4 is 0 Å². The quantitative estimate of drug-likeness (QED) is 0.598. The van der Waals surface area contributed by atoms with E-state index in [0.29, 0.717) is 5.92 Å². The van der Waals surface area contributed by atoms with E-state index in [2.05, 4.69) is 37.9 Å². The van der Waals surface area contributed by atoms with Crippen molar-refractivity contribution in [2.75, 3.05) is 0 Å². The Balaban J connectivity index is 3.13. The van der Waals surface area contributed by atoms with Crippen molar-refractivity contribution in [1.82, 2.24) is 4.98 Å². The van der Waals surface area contributed by atoms with Crippen LogP contribution >= 0.6 is 0 Å². The molecule has 0 N–H and O–H groups in total. The molecule has 1 aromatic rings. The first-order valence-corrected chi connectivity index (χ1v) is 4.05. The number of pyridine rings is 1. The monoisotopic (exact) mass is 149 g/mol. The molecule has 1 aromatic heterocycles. The first-order valence-electron chi connectivity index (χ1n) is 4.05. The van der Waals surface area contributed by atoms with Gasteiger partial charge in [0.1, 0.15) is 0 Å². The molecule has 0 aliphatic heterocycles. The minimum absolute atomic E-state index is 0.537. The van der Waals surface area contributed by atoms with Crippen LogP contribution in [0, 0.1) is 13.8 Å². The Morgan fingerprint density at radius 2 is 1.82 bits per heavy atom. The van der Waals surface area contributed by atoms with Crippen molar-refractivity contribution in [2.24, 2.45) is 0 Å². The van der Waals surface area contributed by atoms with E-state index >= 15 is 0 Å². The average Bonchev–Trinajstić information content (AvgIpc) is 1.94. The summed E-state index contributed by atoms with van der Waals surface area (Å²) in [5.41, 5.74) is 3.63. The third-order valence-electron chi connectivity index (χ3n) is 1.82. The summed E-state index contributed by atoms with van der Waals surface area (Å²) in [5, 5.41) is 0. The summed E-state index contributed by atoms with van der Waals surface area (Å²) in [6.07, 6.45) is 0. The molecule has 1 nitrogen and oxygen atoms in total. The normalized spacial score (nSPS) is 10.6. The minimum atomic E-state index is 0.537. The second-order valence-electron chi connectivity index (χ2n) is 3.31. The maximum Gasteiger partial charge on any atom is 0.0461 e. The number of aryl methyl sites for hydroxylation is 2. The maximum absolute atomic E-state index is 4.47. The molecule has 0 atom stereocenters. The van der Waals surface area contributed by atoms with Crippen molar-refractivity contribution in [1.29, 1.82) is 0 Å². The molecule has 0 aliphatic carbocycles. The molecular formula is C10H15N. The van der Waals surface area contributed by atoms with Gasteiger partial charge in [0.25, 0.3) is 0 Å². The van der Waals surface area contributed by atoms with Crippen LogP contribution in [0.4, 0.5) is 0 Å². The molecule has 1 heteroatoms. The molecule has 0 saturated carbocycles. The molecule has 11 heavy (non-hydrogen) atoms. The van der Waals surface area contributed by atoms with Crippen LogP contribution in [0.1, 0.15) is 36.7 Å². The van der Waals surface area contributed by atoms with E-state index in [0.717, 1.165) is 5.69 Å². The summed E-state index contributed by atoms with van der Waals surface area (Å²) >= 11 is 0. The fourth-order valence-electron chi connectivity index (χ4n) is 1.23. The second kappa shape index (κ2) is 3.04. The third kappa shape index (κ3) is 1.79. The van der Waals surface area contributed by atoms with Crippen molar-refractivity contribution in [3.8, 4) is 0 Å². The second-order valence-corrected chi connectivity index (χ2v) is 3.31. The Labute approximate surface area is 68.5 Å². The van der Waals surface area contributed by atoms with Crippen molar-refractivity contribution >= 4 is 0 Å². The molecule has 0 amide bonds. The van der Waals surface area contributed by atoms with Crippen molar-refractivity contribution < 1.29 is 0 Å². The van der Waals surface area contributed by atoms with Gasteiger partial charge in [-0.3, -0.25) is 4.98 Å². The van der Waals surface area contributed by atoms with E-state index in [1.54, 1.807) is 0 Å². The van der Waals surface area contributed by atoms with Gasteiger partial charge >= 0.3 is 0 Å². The van der Waals surface area contributed by atoms with E-state index in [-0.39, 0.29) is 0 Å². The first-order chi connectivity index (χ1) is 5.11. The molecule has 0 radical (unpaired) electrons. The van der Waals surface area contributed by atoms with Crippen LogP contribution in [0.5, 0.6) is 0 Å². The Morgan fingerprint density at radius 1 is 1.18 bits per heavy atom. The van der Waals surface area contributed by atoms with E-state index in [9.17, 15) is 0 Å². The van der Waals surface area contributed by atoms with Gasteiger partial charge in [-0.1, -0.05) is 19.9 Å². The highest BCUT2D eigenvalue weighted by atomic mass is 14.7. The Hall–Kier alpha value is -0.850. The lowest BCUT2D eigenvalue weighted by molar-refractivity contribution is 0.804. The summed E-state index contributed by atoms with van der Waals surface area (Å²) in [6, 6.07) is 4.19. The number of rotatable bonds is 1. The molecule has 0 spiro atoms.